The highest BCUT2D eigenvalue weighted by atomic mass is 16.3. The summed E-state index contributed by atoms with van der Waals surface area (Å²) in [6, 6.07) is 16.5. The summed E-state index contributed by atoms with van der Waals surface area (Å²) >= 11 is 0. The van der Waals surface area contributed by atoms with Crippen LogP contribution in [-0.2, 0) is 16.1 Å². The smallest absolute Gasteiger partial charge is 0.264 e. The second-order valence-electron chi connectivity index (χ2n) is 14.5. The number of piperidine rings is 1. The number of furan rings is 1. The second-order valence-corrected chi connectivity index (χ2v) is 14.5. The molecule has 0 radical (unpaired) electrons. The first kappa shape index (κ1) is 36.9. The average Bonchev–Trinajstić information content (AvgIpc) is 3.98. The highest BCUT2D eigenvalue weighted by molar-refractivity contribution is 6.25. The number of aromatic nitrogens is 4. The molecule has 5 aromatic rings. The van der Waals surface area contributed by atoms with E-state index in [4.69, 9.17) is 9.40 Å². The molecular weight excluding hydrogens is 713 g/mol. The number of hydrogen-bond donors (Lipinski definition) is 3. The van der Waals surface area contributed by atoms with Gasteiger partial charge in [-0.15, -0.1) is 10.2 Å². The minimum atomic E-state index is -0.966. The fraction of sp³-hybridized carbons (Fsp3) is 0.390. The van der Waals surface area contributed by atoms with E-state index in [1.165, 1.54) is 24.9 Å². The van der Waals surface area contributed by atoms with E-state index in [1.807, 2.05) is 16.5 Å². The van der Waals surface area contributed by atoms with E-state index >= 15 is 0 Å². The largest absolute Gasteiger partial charge is 0.467 e. The fourth-order valence-electron chi connectivity index (χ4n) is 7.86. The molecular formula is C41H46N10O5. The van der Waals surface area contributed by atoms with Crippen molar-refractivity contribution in [1.82, 2.24) is 34.7 Å². The lowest BCUT2D eigenvalue weighted by Gasteiger charge is -2.36. The molecule has 15 heteroatoms. The van der Waals surface area contributed by atoms with E-state index in [0.717, 1.165) is 79.7 Å². The predicted molar refractivity (Wildman–Crippen MR) is 210 cm³/mol. The average molecular weight is 759 g/mol. The maximum Gasteiger partial charge on any atom is 0.264 e. The quantitative estimate of drug-likeness (QED) is 0.0914. The first-order valence-electron chi connectivity index (χ1n) is 19.6. The van der Waals surface area contributed by atoms with Gasteiger partial charge < -0.3 is 20.0 Å². The van der Waals surface area contributed by atoms with Crippen molar-refractivity contribution in [2.24, 2.45) is 0 Å². The number of imide groups is 2. The Labute approximate surface area is 324 Å². The third-order valence-corrected chi connectivity index (χ3v) is 10.9. The topological polar surface area (TPSA) is 170 Å². The van der Waals surface area contributed by atoms with Crippen LogP contribution in [0.15, 0.2) is 77.8 Å². The lowest BCUT2D eigenvalue weighted by molar-refractivity contribution is -0.136. The van der Waals surface area contributed by atoms with Gasteiger partial charge in [-0.2, -0.15) is 0 Å². The van der Waals surface area contributed by atoms with Gasteiger partial charge in [0.25, 0.3) is 11.8 Å². The molecule has 3 aromatic heterocycles. The van der Waals surface area contributed by atoms with Crippen molar-refractivity contribution < 1.29 is 23.6 Å². The summed E-state index contributed by atoms with van der Waals surface area (Å²) in [4.78, 5) is 61.1. The van der Waals surface area contributed by atoms with Gasteiger partial charge >= 0.3 is 0 Å². The molecule has 0 aliphatic carbocycles. The van der Waals surface area contributed by atoms with E-state index < -0.39 is 23.8 Å². The molecule has 3 N–H and O–H groups in total. The number of unbranched alkanes of at least 4 members (excludes halogenated alkanes) is 5. The minimum Gasteiger partial charge on any atom is -0.467 e. The monoisotopic (exact) mass is 758 g/mol. The zero-order valence-corrected chi connectivity index (χ0v) is 31.3. The Kier molecular flexibility index (Phi) is 11.0. The minimum absolute atomic E-state index is 0.0987. The van der Waals surface area contributed by atoms with Gasteiger partial charge in [0.05, 0.1) is 30.1 Å². The molecule has 1 atom stereocenters. The first-order chi connectivity index (χ1) is 27.4. The Morgan fingerprint density at radius 1 is 0.839 bits per heavy atom. The van der Waals surface area contributed by atoms with Crippen LogP contribution in [0.1, 0.15) is 77.8 Å². The highest BCUT2D eigenvalue weighted by Crippen LogP contribution is 2.33. The number of benzene rings is 2. The molecule has 2 aromatic carbocycles. The molecule has 1 unspecified atom stereocenters. The zero-order chi connectivity index (χ0) is 38.4. The van der Waals surface area contributed by atoms with Gasteiger partial charge in [0.1, 0.15) is 29.6 Å². The lowest BCUT2D eigenvalue weighted by atomic mass is 10.0. The summed E-state index contributed by atoms with van der Waals surface area (Å²) in [5.41, 5.74) is 4.89. The first-order valence-corrected chi connectivity index (χ1v) is 19.6. The number of amides is 4. The number of carbonyl (C=O) groups excluding carboxylic acids is 4. The van der Waals surface area contributed by atoms with Gasteiger partial charge in [-0.25, -0.2) is 4.98 Å². The van der Waals surface area contributed by atoms with Gasteiger partial charge in [0.15, 0.2) is 5.65 Å². The number of fused-ring (bicyclic) bond motifs is 2. The van der Waals surface area contributed by atoms with E-state index in [0.29, 0.717) is 35.6 Å². The van der Waals surface area contributed by atoms with Crippen molar-refractivity contribution in [1.29, 1.82) is 0 Å². The Morgan fingerprint density at radius 3 is 2.43 bits per heavy atom. The SMILES string of the molecule is O=C1CCC(N2C(=O)c3cccc(NCCCCCCCCN4CCN(c5ccc(-c6ncc(NCc7ccco7)n7cnnc67)cc5)CC4)c3C2=O)C(=O)N1. The maximum atomic E-state index is 13.3. The summed E-state index contributed by atoms with van der Waals surface area (Å²) in [6.45, 7) is 6.42. The van der Waals surface area contributed by atoms with Crippen molar-refractivity contribution in [3.8, 4) is 11.3 Å². The van der Waals surface area contributed by atoms with Crippen molar-refractivity contribution in [2.75, 3.05) is 54.8 Å². The van der Waals surface area contributed by atoms with Gasteiger partial charge in [0.2, 0.25) is 11.8 Å². The van der Waals surface area contributed by atoms with Crippen LogP contribution in [0.4, 0.5) is 17.2 Å². The van der Waals surface area contributed by atoms with E-state index in [2.05, 4.69) is 60.2 Å². The van der Waals surface area contributed by atoms with Crippen LogP contribution in [0.25, 0.3) is 16.9 Å². The van der Waals surface area contributed by atoms with Crippen LogP contribution in [-0.4, -0.2) is 98.3 Å². The summed E-state index contributed by atoms with van der Waals surface area (Å²) in [5.74, 6) is -0.336. The van der Waals surface area contributed by atoms with Crippen LogP contribution >= 0.6 is 0 Å². The summed E-state index contributed by atoms with van der Waals surface area (Å²) in [5, 5.41) is 17.4. The van der Waals surface area contributed by atoms with Crippen LogP contribution in [0.2, 0.25) is 0 Å². The van der Waals surface area contributed by atoms with Crippen molar-refractivity contribution in [3.63, 3.8) is 0 Å². The molecule has 0 bridgehead atoms. The van der Waals surface area contributed by atoms with Crippen LogP contribution in [0.3, 0.4) is 0 Å². The molecule has 8 rings (SSSR count). The van der Waals surface area contributed by atoms with Gasteiger partial charge in [-0.3, -0.25) is 38.7 Å². The molecule has 2 saturated heterocycles. The maximum absolute atomic E-state index is 13.3. The number of anilines is 3. The zero-order valence-electron chi connectivity index (χ0n) is 31.3. The Bertz CT molecular complexity index is 2190. The van der Waals surface area contributed by atoms with E-state index in [-0.39, 0.29) is 18.7 Å². The third-order valence-electron chi connectivity index (χ3n) is 10.9. The Morgan fingerprint density at radius 2 is 1.64 bits per heavy atom. The van der Waals surface area contributed by atoms with Crippen LogP contribution in [0.5, 0.6) is 0 Å². The van der Waals surface area contributed by atoms with E-state index in [9.17, 15) is 19.2 Å². The summed E-state index contributed by atoms with van der Waals surface area (Å²) in [7, 11) is 0. The number of nitrogens with zero attached hydrogens (tertiary/aromatic N) is 7. The Balaban J connectivity index is 0.719. The summed E-state index contributed by atoms with van der Waals surface area (Å²) in [6.07, 6.45) is 12.1. The van der Waals surface area contributed by atoms with E-state index in [1.54, 1.807) is 37.0 Å². The lowest BCUT2D eigenvalue weighted by Crippen LogP contribution is -2.54. The van der Waals surface area contributed by atoms with Gasteiger partial charge in [-0.1, -0.05) is 43.9 Å². The van der Waals surface area contributed by atoms with Crippen LogP contribution in [0, 0.1) is 0 Å². The molecule has 15 nitrogen and oxygen atoms in total. The molecule has 4 amide bonds. The molecule has 3 aliphatic heterocycles. The standard InChI is InChI=1S/C41H46N10O5/c52-35-17-16-33(39(53)46-35)51-40(54)31-10-7-11-32(36(31)41(51)55)42-18-5-3-1-2-4-6-19-48-20-22-49(23-21-48)29-14-12-28(13-15-29)37-38-47-45-27-50(38)34(26-44-37)43-25-30-9-8-24-56-30/h7-15,24,26-27,33,42-43H,1-6,16-23,25H2,(H,46,52,53). The number of piperazine rings is 1. The van der Waals surface area contributed by atoms with Crippen molar-refractivity contribution >= 4 is 46.5 Å². The molecule has 2 fully saturated rings. The van der Waals surface area contributed by atoms with Gasteiger partial charge in [0, 0.05) is 56.1 Å². The molecule has 0 saturated carbocycles. The van der Waals surface area contributed by atoms with Crippen LogP contribution < -0.4 is 20.9 Å². The fourth-order valence-corrected chi connectivity index (χ4v) is 7.86. The number of rotatable bonds is 16. The normalized spacial score (nSPS) is 17.5. The summed E-state index contributed by atoms with van der Waals surface area (Å²) < 4.78 is 7.34. The predicted octanol–water partition coefficient (Wildman–Crippen LogP) is 4.97. The second kappa shape index (κ2) is 16.7. The number of carbonyl (C=O) groups is 4. The molecule has 0 spiro atoms. The number of nitrogens with one attached hydrogen (secondary N) is 3. The molecule has 290 valence electrons. The third kappa shape index (κ3) is 7.85. The molecule has 3 aliphatic rings. The van der Waals surface area contributed by atoms with Crippen molar-refractivity contribution in [3.05, 3.63) is 90.3 Å². The van der Waals surface area contributed by atoms with Gasteiger partial charge in [-0.05, 0) is 62.2 Å². The molecule has 56 heavy (non-hydrogen) atoms. The highest BCUT2D eigenvalue weighted by Gasteiger charge is 2.45. The Hall–Kier alpha value is -6.09. The number of hydrogen-bond acceptors (Lipinski definition) is 12. The van der Waals surface area contributed by atoms with Crippen molar-refractivity contribution in [2.45, 2.75) is 64.0 Å². The molecule has 6 heterocycles.